The molecule has 2 aliphatic heterocycles. The van der Waals surface area contributed by atoms with E-state index < -0.39 is 60.7 Å². The van der Waals surface area contributed by atoms with Gasteiger partial charge in [0.25, 0.3) is 11.8 Å². The molecule has 0 spiro atoms. The van der Waals surface area contributed by atoms with E-state index in [9.17, 15) is 33.5 Å². The van der Waals surface area contributed by atoms with Crippen molar-refractivity contribution in [3.8, 4) is 17.2 Å². The lowest BCUT2D eigenvalue weighted by molar-refractivity contribution is -0.164. The summed E-state index contributed by atoms with van der Waals surface area (Å²) in [5, 5.41) is 26.7. The first-order valence-electron chi connectivity index (χ1n) is 12.7. The fraction of sp³-hybridized carbons (Fsp3) is 0.429. The predicted molar refractivity (Wildman–Crippen MR) is 132 cm³/mol. The topological polar surface area (TPSA) is 123 Å². The number of fused-ring (bicyclic) bond motifs is 3. The summed E-state index contributed by atoms with van der Waals surface area (Å²) in [6.07, 6.45) is -0.271. The van der Waals surface area contributed by atoms with Crippen LogP contribution in [-0.4, -0.2) is 58.8 Å². The Morgan fingerprint density at radius 2 is 1.79 bits per heavy atom. The van der Waals surface area contributed by atoms with Crippen LogP contribution in [0.2, 0.25) is 0 Å². The van der Waals surface area contributed by atoms with Crippen molar-refractivity contribution in [2.75, 3.05) is 13.1 Å². The van der Waals surface area contributed by atoms with Gasteiger partial charge in [0.2, 0.25) is 11.8 Å². The number of hydrogen-bond acceptors (Lipinski definition) is 5. The number of amides is 3. The number of piperidine rings is 2. The van der Waals surface area contributed by atoms with Crippen molar-refractivity contribution in [3.05, 3.63) is 59.7 Å². The molecule has 1 aliphatic carbocycles. The van der Waals surface area contributed by atoms with Gasteiger partial charge in [-0.3, -0.25) is 14.4 Å². The average Bonchev–Trinajstić information content (AvgIpc) is 3.18. The van der Waals surface area contributed by atoms with Gasteiger partial charge in [0.15, 0.2) is 5.60 Å². The number of rotatable bonds is 5. The fourth-order valence-corrected chi connectivity index (χ4v) is 5.82. The van der Waals surface area contributed by atoms with Crippen LogP contribution in [0.4, 0.5) is 8.78 Å². The average molecular weight is 523 g/mol. The molecule has 3 aliphatic rings. The molecule has 3 amide bonds. The number of benzene rings is 2. The van der Waals surface area contributed by atoms with Crippen molar-refractivity contribution in [2.24, 2.45) is 5.92 Å². The number of likely N-dealkylation sites (tertiary alicyclic amines) is 1. The second-order valence-corrected chi connectivity index (χ2v) is 10.2. The summed E-state index contributed by atoms with van der Waals surface area (Å²) in [4.78, 5) is 40.5. The first kappa shape index (κ1) is 25.8. The van der Waals surface area contributed by atoms with Crippen molar-refractivity contribution in [3.63, 3.8) is 0 Å². The van der Waals surface area contributed by atoms with Crippen LogP contribution < -0.4 is 10.6 Å². The molecule has 0 saturated carbocycles. The van der Waals surface area contributed by atoms with Crippen LogP contribution >= 0.6 is 0 Å². The summed E-state index contributed by atoms with van der Waals surface area (Å²) in [6, 6.07) is 12.9. The normalized spacial score (nSPS) is 23.8. The summed E-state index contributed by atoms with van der Waals surface area (Å²) in [6.45, 7) is 0.0983. The van der Waals surface area contributed by atoms with Gasteiger partial charge in [-0.1, -0.05) is 48.5 Å². The van der Waals surface area contributed by atoms with Crippen LogP contribution in [0.1, 0.15) is 43.2 Å². The van der Waals surface area contributed by atoms with E-state index in [0.717, 1.165) is 11.3 Å². The summed E-state index contributed by atoms with van der Waals surface area (Å²) in [7, 11) is 0. The maximum Gasteiger partial charge on any atom is 0.264 e. The van der Waals surface area contributed by atoms with E-state index in [1.54, 1.807) is 48.5 Å². The quantitative estimate of drug-likeness (QED) is 0.557. The van der Waals surface area contributed by atoms with E-state index in [4.69, 9.17) is 0 Å². The molecule has 0 radical (unpaired) electrons. The van der Waals surface area contributed by atoms with Crippen molar-refractivity contribution >= 4 is 17.7 Å². The molecule has 5 rings (SSSR count). The highest BCUT2D eigenvalue weighted by atomic mass is 19.3. The van der Waals surface area contributed by atoms with Crippen molar-refractivity contribution in [1.29, 1.82) is 5.26 Å². The van der Waals surface area contributed by atoms with E-state index in [1.165, 1.54) is 0 Å². The molecule has 0 unspecified atom stereocenters. The number of alkyl halides is 2. The van der Waals surface area contributed by atoms with Crippen LogP contribution in [0, 0.1) is 17.2 Å². The van der Waals surface area contributed by atoms with Gasteiger partial charge >= 0.3 is 0 Å². The highest BCUT2D eigenvalue weighted by molar-refractivity contribution is 6.00. The van der Waals surface area contributed by atoms with E-state index in [1.807, 2.05) is 6.07 Å². The Hall–Kier alpha value is -3.84. The minimum atomic E-state index is -3.21. The Balaban J connectivity index is 1.43. The summed E-state index contributed by atoms with van der Waals surface area (Å²) in [5.41, 5.74) is -0.218. The number of carbonyl (C=O) groups excluding carboxylic acids is 3. The van der Waals surface area contributed by atoms with Crippen molar-refractivity contribution in [2.45, 2.75) is 55.7 Å². The number of hydrogen-bond donors (Lipinski definition) is 3. The van der Waals surface area contributed by atoms with Crippen LogP contribution in [0.15, 0.2) is 48.5 Å². The van der Waals surface area contributed by atoms with E-state index >= 15 is 0 Å². The Morgan fingerprint density at radius 3 is 2.39 bits per heavy atom. The molecular weight excluding hydrogens is 494 g/mol. The van der Waals surface area contributed by atoms with E-state index in [2.05, 4.69) is 10.6 Å². The molecule has 198 valence electrons. The zero-order valence-corrected chi connectivity index (χ0v) is 20.6. The lowest BCUT2D eigenvalue weighted by Gasteiger charge is -2.42. The minimum absolute atomic E-state index is 0.0375. The summed E-state index contributed by atoms with van der Waals surface area (Å²) < 4.78 is 29.1. The third-order valence-corrected chi connectivity index (χ3v) is 7.78. The number of nitriles is 1. The lowest BCUT2D eigenvalue weighted by Crippen LogP contribution is -2.61. The van der Waals surface area contributed by atoms with Gasteiger partial charge in [0, 0.05) is 43.0 Å². The van der Waals surface area contributed by atoms with Crippen LogP contribution in [0.25, 0.3) is 11.1 Å². The van der Waals surface area contributed by atoms with Gasteiger partial charge in [-0.05, 0) is 30.4 Å². The van der Waals surface area contributed by atoms with Gasteiger partial charge in [-0.2, -0.15) is 5.26 Å². The van der Waals surface area contributed by atoms with Gasteiger partial charge in [-0.25, -0.2) is 8.78 Å². The number of carbonyl (C=O) groups is 3. The highest BCUT2D eigenvalue weighted by Crippen LogP contribution is 2.49. The maximum atomic E-state index is 14.5. The van der Waals surface area contributed by atoms with Gasteiger partial charge in [0.1, 0.15) is 12.1 Å². The Bertz CT molecular complexity index is 1280. The summed E-state index contributed by atoms with van der Waals surface area (Å²) in [5.74, 6) is -5.69. The smallest absolute Gasteiger partial charge is 0.264 e. The Labute approximate surface area is 218 Å². The number of halogens is 2. The number of aliphatic hydroxyl groups is 1. The molecule has 2 fully saturated rings. The standard InChI is InChI=1S/C28H28F2N4O4/c29-27(30)11-13-34(23(15-27)25(36)33-18(16-31)14-17-6-5-12-32-24(17)35)26(37)28(38)21-9-3-1-7-19(21)20-8-2-4-10-22(20)28/h1-4,7-10,17-18,23,38H,5-6,11-15H2,(H,32,35)(H,33,36)/t17-,18-,23-/m0/s1. The zero-order chi connectivity index (χ0) is 27.1. The molecule has 10 heteroatoms. The van der Waals surface area contributed by atoms with Crippen LogP contribution in [-0.2, 0) is 20.0 Å². The Morgan fingerprint density at radius 1 is 1.16 bits per heavy atom. The molecule has 2 saturated heterocycles. The SMILES string of the molecule is N#C[C@H](C[C@@H]1CCCNC1=O)NC(=O)[C@@H]1CC(F)(F)CCN1C(=O)C1(O)c2ccccc2-c2ccccc21. The first-order chi connectivity index (χ1) is 18.2. The molecule has 0 aromatic heterocycles. The molecular formula is C28H28F2N4O4. The van der Waals surface area contributed by atoms with Gasteiger partial charge in [0.05, 0.1) is 6.07 Å². The second-order valence-electron chi connectivity index (χ2n) is 10.2. The van der Waals surface area contributed by atoms with E-state index in [-0.39, 0.29) is 12.3 Å². The molecule has 2 heterocycles. The molecule has 8 nitrogen and oxygen atoms in total. The first-order valence-corrected chi connectivity index (χ1v) is 12.7. The highest BCUT2D eigenvalue weighted by Gasteiger charge is 2.54. The molecule has 3 N–H and O–H groups in total. The second kappa shape index (κ2) is 9.80. The largest absolute Gasteiger partial charge is 0.372 e. The lowest BCUT2D eigenvalue weighted by atomic mass is 9.87. The van der Waals surface area contributed by atoms with Crippen molar-refractivity contribution < 1.29 is 28.3 Å². The molecule has 3 atom stereocenters. The molecule has 2 aromatic carbocycles. The van der Waals surface area contributed by atoms with Crippen molar-refractivity contribution in [1.82, 2.24) is 15.5 Å². The molecule has 38 heavy (non-hydrogen) atoms. The predicted octanol–water partition coefficient (Wildman–Crippen LogP) is 2.45. The Kier molecular flexibility index (Phi) is 6.65. The zero-order valence-electron chi connectivity index (χ0n) is 20.6. The summed E-state index contributed by atoms with van der Waals surface area (Å²) >= 11 is 0. The van der Waals surface area contributed by atoms with Gasteiger partial charge in [-0.15, -0.1) is 0 Å². The molecule has 0 bridgehead atoms. The van der Waals surface area contributed by atoms with Crippen LogP contribution in [0.5, 0.6) is 0 Å². The fourth-order valence-electron chi connectivity index (χ4n) is 5.82. The third kappa shape index (κ3) is 4.41. The maximum absolute atomic E-state index is 14.5. The molecule has 2 aromatic rings. The number of nitrogens with zero attached hydrogens (tertiary/aromatic N) is 2. The van der Waals surface area contributed by atoms with E-state index in [0.29, 0.717) is 35.2 Å². The van der Waals surface area contributed by atoms with Gasteiger partial charge < -0.3 is 20.6 Å². The number of nitrogens with one attached hydrogen (secondary N) is 2. The van der Waals surface area contributed by atoms with Crippen LogP contribution in [0.3, 0.4) is 0 Å². The third-order valence-electron chi connectivity index (χ3n) is 7.78. The minimum Gasteiger partial charge on any atom is -0.372 e. The monoisotopic (exact) mass is 522 g/mol.